The van der Waals surface area contributed by atoms with E-state index in [1.165, 1.54) is 24.4 Å². The van der Waals surface area contributed by atoms with E-state index in [1.54, 1.807) is 33.8 Å². The van der Waals surface area contributed by atoms with Gasteiger partial charge < -0.3 is 11.1 Å². The molecule has 0 spiro atoms. The van der Waals surface area contributed by atoms with E-state index in [0.717, 1.165) is 0 Å². The summed E-state index contributed by atoms with van der Waals surface area (Å²) >= 11 is 0. The monoisotopic (exact) mass is 468 g/mol. The Balaban J connectivity index is 1.75. The predicted molar refractivity (Wildman–Crippen MR) is 125 cm³/mol. The number of halogens is 1. The summed E-state index contributed by atoms with van der Waals surface area (Å²) in [6, 6.07) is 7.73. The van der Waals surface area contributed by atoms with E-state index in [2.05, 4.69) is 19.7 Å². The number of hydrogen-bond donors (Lipinski definition) is 2. The summed E-state index contributed by atoms with van der Waals surface area (Å²) in [5.74, 6) is -0.858. The van der Waals surface area contributed by atoms with Crippen LogP contribution in [0.1, 0.15) is 54.4 Å². The van der Waals surface area contributed by atoms with E-state index in [4.69, 9.17) is 11.0 Å². The zero-order valence-corrected chi connectivity index (χ0v) is 19.7. The number of aromatic nitrogens is 1. The van der Waals surface area contributed by atoms with Crippen molar-refractivity contribution in [1.29, 1.82) is 5.26 Å². The second kappa shape index (κ2) is 7.63. The number of aryl methyl sites for hydroxylation is 1. The van der Waals surface area contributed by atoms with Gasteiger partial charge in [0.2, 0.25) is 0 Å². The van der Waals surface area contributed by atoms with E-state index in [-0.39, 0.29) is 17.1 Å². The standard InChI is InChI=1S/C23H25FN6O2S/c1-13-9-14(11-25)12-27-19(13)20(31)29-15-5-6-17(24)16(10-15)23(4)18-7-8-28-33(18,32)22(2,3)21(26)30-23/h5-6,9-10,12,18H,7-8H2,1-4H3,(H2,26,30)(H,29,31)/t18-,23+,33?/m0/s1. The summed E-state index contributed by atoms with van der Waals surface area (Å²) < 4.78 is 32.5. The number of amidine groups is 1. The average Bonchev–Trinajstić information content (AvgIpc) is 3.18. The van der Waals surface area contributed by atoms with Crippen molar-refractivity contribution in [3.63, 3.8) is 0 Å². The third kappa shape index (κ3) is 3.38. The van der Waals surface area contributed by atoms with Gasteiger partial charge in [0, 0.05) is 24.0 Å². The molecule has 8 nitrogen and oxygen atoms in total. The van der Waals surface area contributed by atoms with Gasteiger partial charge in [0.25, 0.3) is 5.91 Å². The lowest BCUT2D eigenvalue weighted by Crippen LogP contribution is -2.58. The van der Waals surface area contributed by atoms with Crippen LogP contribution in [-0.4, -0.2) is 37.5 Å². The number of carbonyl (C=O) groups excluding carboxylic acids is 1. The Morgan fingerprint density at radius 3 is 2.73 bits per heavy atom. The maximum Gasteiger partial charge on any atom is 0.274 e. The van der Waals surface area contributed by atoms with Gasteiger partial charge in [0.05, 0.1) is 20.5 Å². The van der Waals surface area contributed by atoms with Gasteiger partial charge in [-0.3, -0.25) is 9.79 Å². The maximum atomic E-state index is 15.1. The SMILES string of the molecule is Cc1cc(C#N)cnc1C(=O)Nc1ccc(F)c([C@@]2(C)N=C(N)C(C)(C)S3(=O)=NCC[C@@H]23)c1. The summed E-state index contributed by atoms with van der Waals surface area (Å²) in [6.07, 6.45) is 1.82. The summed E-state index contributed by atoms with van der Waals surface area (Å²) in [5, 5.41) is 11.2. The van der Waals surface area contributed by atoms with Crippen LogP contribution in [0.4, 0.5) is 10.1 Å². The Labute approximate surface area is 192 Å². The molecule has 3 heterocycles. The predicted octanol–water partition coefficient (Wildman–Crippen LogP) is 3.26. The number of nitrogens with two attached hydrogens (primary N) is 1. The Kier molecular flexibility index (Phi) is 5.28. The van der Waals surface area contributed by atoms with Gasteiger partial charge >= 0.3 is 0 Å². The van der Waals surface area contributed by atoms with Gasteiger partial charge in [-0.15, -0.1) is 0 Å². The number of nitrogens with one attached hydrogen (secondary N) is 1. The highest BCUT2D eigenvalue weighted by atomic mass is 32.2. The first-order chi connectivity index (χ1) is 15.4. The first-order valence-corrected chi connectivity index (χ1v) is 12.1. The number of anilines is 1. The molecular formula is C23H25FN6O2S. The normalized spacial score (nSPS) is 27.6. The van der Waals surface area contributed by atoms with Gasteiger partial charge in [-0.2, -0.15) is 5.26 Å². The quantitative estimate of drug-likeness (QED) is 0.713. The number of nitrogens with zero attached hydrogens (tertiary/aromatic N) is 4. The first-order valence-electron chi connectivity index (χ1n) is 10.5. The number of benzene rings is 1. The second-order valence-electron chi connectivity index (χ2n) is 9.00. The van der Waals surface area contributed by atoms with Gasteiger partial charge in [-0.1, -0.05) is 0 Å². The molecule has 0 radical (unpaired) electrons. The van der Waals surface area contributed by atoms with Crippen molar-refractivity contribution < 1.29 is 13.4 Å². The van der Waals surface area contributed by atoms with E-state index < -0.39 is 37.0 Å². The molecule has 0 fully saturated rings. The van der Waals surface area contributed by atoms with Crippen molar-refractivity contribution in [3.05, 3.63) is 58.7 Å². The molecule has 0 bridgehead atoms. The molecule has 1 amide bonds. The highest BCUT2D eigenvalue weighted by molar-refractivity contribution is 7.96. The number of nitriles is 1. The minimum atomic E-state index is -2.81. The Morgan fingerprint density at radius 2 is 2.06 bits per heavy atom. The number of rotatable bonds is 3. The van der Waals surface area contributed by atoms with Gasteiger partial charge in [0.15, 0.2) is 0 Å². The lowest BCUT2D eigenvalue weighted by atomic mass is 9.85. The number of pyridine rings is 1. The molecule has 1 aromatic heterocycles. The van der Waals surface area contributed by atoms with Crippen molar-refractivity contribution >= 4 is 27.2 Å². The number of amides is 1. The Morgan fingerprint density at radius 1 is 1.33 bits per heavy atom. The highest BCUT2D eigenvalue weighted by Crippen LogP contribution is 2.48. The third-order valence-corrected chi connectivity index (χ3v) is 10.3. The maximum absolute atomic E-state index is 15.1. The zero-order valence-electron chi connectivity index (χ0n) is 18.8. The van der Waals surface area contributed by atoms with Crippen molar-refractivity contribution in [2.75, 3.05) is 11.9 Å². The number of aliphatic imine (C=N–C) groups is 1. The fraction of sp³-hybridized carbons (Fsp3) is 0.391. The van der Waals surface area contributed by atoms with Crippen LogP contribution in [0.25, 0.3) is 0 Å². The topological polar surface area (TPSA) is 134 Å². The molecule has 10 heteroatoms. The second-order valence-corrected chi connectivity index (χ2v) is 12.0. The molecule has 4 rings (SSSR count). The lowest BCUT2D eigenvalue weighted by Gasteiger charge is -2.44. The van der Waals surface area contributed by atoms with Crippen LogP contribution < -0.4 is 11.1 Å². The molecule has 2 aliphatic rings. The summed E-state index contributed by atoms with van der Waals surface area (Å²) in [7, 11) is -2.81. The molecule has 3 atom stereocenters. The van der Waals surface area contributed by atoms with E-state index in [9.17, 15) is 9.00 Å². The van der Waals surface area contributed by atoms with Gasteiger partial charge in [-0.25, -0.2) is 17.9 Å². The Bertz CT molecular complexity index is 1370. The summed E-state index contributed by atoms with van der Waals surface area (Å²) in [5.41, 5.74) is 6.61. The number of carbonyl (C=O) groups is 1. The van der Waals surface area contributed by atoms with Crippen molar-refractivity contribution in [3.8, 4) is 6.07 Å². The van der Waals surface area contributed by atoms with Crippen LogP contribution in [0, 0.1) is 24.1 Å². The zero-order chi connectivity index (χ0) is 24.2. The number of fused-ring (bicyclic) bond motifs is 1. The fourth-order valence-electron chi connectivity index (χ4n) is 4.56. The largest absolute Gasteiger partial charge is 0.386 e. The van der Waals surface area contributed by atoms with Gasteiger partial charge in [0.1, 0.15) is 33.7 Å². The average molecular weight is 469 g/mol. The van der Waals surface area contributed by atoms with Crippen molar-refractivity contribution in [2.45, 2.75) is 49.7 Å². The smallest absolute Gasteiger partial charge is 0.274 e. The molecule has 0 saturated carbocycles. The molecule has 2 aliphatic heterocycles. The van der Waals surface area contributed by atoms with Crippen LogP contribution in [-0.2, 0) is 15.3 Å². The lowest BCUT2D eigenvalue weighted by molar-refractivity contribution is 0.102. The molecule has 1 unspecified atom stereocenters. The molecule has 0 aliphatic carbocycles. The van der Waals surface area contributed by atoms with Crippen LogP contribution >= 0.6 is 0 Å². The molecule has 33 heavy (non-hydrogen) atoms. The summed E-state index contributed by atoms with van der Waals surface area (Å²) in [4.78, 5) is 21.5. The third-order valence-electron chi connectivity index (χ3n) is 6.58. The van der Waals surface area contributed by atoms with E-state index in [1.807, 2.05) is 6.07 Å². The molecule has 172 valence electrons. The molecule has 1 aromatic carbocycles. The van der Waals surface area contributed by atoms with Crippen LogP contribution in [0.5, 0.6) is 0 Å². The Hall–Kier alpha value is -3.32. The van der Waals surface area contributed by atoms with Crippen LogP contribution in [0.15, 0.2) is 39.8 Å². The molecule has 0 saturated heterocycles. The van der Waals surface area contributed by atoms with E-state index in [0.29, 0.717) is 29.8 Å². The minimum Gasteiger partial charge on any atom is -0.386 e. The van der Waals surface area contributed by atoms with Crippen molar-refractivity contribution in [1.82, 2.24) is 4.98 Å². The van der Waals surface area contributed by atoms with Crippen LogP contribution in [0.3, 0.4) is 0 Å². The van der Waals surface area contributed by atoms with E-state index >= 15 is 4.39 Å². The van der Waals surface area contributed by atoms with Crippen LogP contribution in [0.2, 0.25) is 0 Å². The molecule has 2 aromatic rings. The van der Waals surface area contributed by atoms with Gasteiger partial charge in [-0.05, 0) is 63.9 Å². The minimum absolute atomic E-state index is 0.158. The van der Waals surface area contributed by atoms with Crippen molar-refractivity contribution in [2.24, 2.45) is 15.1 Å². The first kappa shape index (κ1) is 22.9. The fourth-order valence-corrected chi connectivity index (χ4v) is 7.72. The molecule has 3 N–H and O–H groups in total. The summed E-state index contributed by atoms with van der Waals surface area (Å²) in [6.45, 7) is 7.32. The number of hydrogen-bond acceptors (Lipinski definition) is 7. The highest BCUT2D eigenvalue weighted by Gasteiger charge is 2.56. The molecular weight excluding hydrogens is 443 g/mol.